The maximum absolute atomic E-state index is 10.9. The second-order valence-electron chi connectivity index (χ2n) is 5.41. The van der Waals surface area contributed by atoms with E-state index < -0.39 is 11.9 Å². The van der Waals surface area contributed by atoms with Gasteiger partial charge < -0.3 is 14.6 Å². The van der Waals surface area contributed by atoms with Gasteiger partial charge in [0.05, 0.1) is 12.7 Å². The Balaban J connectivity index is 2.04. The molecule has 1 saturated heterocycles. The zero-order chi connectivity index (χ0) is 14.7. The molecule has 1 heterocycles. The molecular weight excluding hydrogens is 264 g/mol. The zero-order valence-corrected chi connectivity index (χ0v) is 12.1. The van der Waals surface area contributed by atoms with Crippen LogP contribution >= 0.6 is 0 Å². The minimum atomic E-state index is -1.14. The molecule has 0 aromatic heterocycles. The van der Waals surface area contributed by atoms with Crippen molar-refractivity contribution in [2.75, 3.05) is 6.61 Å². The van der Waals surface area contributed by atoms with Gasteiger partial charge in [0.25, 0.3) is 0 Å². The van der Waals surface area contributed by atoms with E-state index in [-0.39, 0.29) is 6.10 Å². The lowest BCUT2D eigenvalue weighted by molar-refractivity contribution is -0.339. The van der Waals surface area contributed by atoms with Crippen molar-refractivity contribution in [3.8, 4) is 0 Å². The summed E-state index contributed by atoms with van der Waals surface area (Å²) in [7, 11) is 0. The van der Waals surface area contributed by atoms with E-state index in [1.54, 1.807) is 0 Å². The predicted octanol–water partition coefficient (Wildman–Crippen LogP) is 3.40. The standard InChI is InChI=1S/C18H20O3/c1-14-12-13-20-18(21-14,16-10-6-3-7-11-16)17(19)15-8-4-2-5-9-15/h2-11,14,17,19H,12-13H2,1H3. The molecule has 0 spiro atoms. The van der Waals surface area contributed by atoms with Crippen molar-refractivity contribution >= 4 is 0 Å². The Labute approximate surface area is 125 Å². The molecule has 1 N–H and O–H groups in total. The summed E-state index contributed by atoms with van der Waals surface area (Å²) >= 11 is 0. The van der Waals surface area contributed by atoms with Crippen molar-refractivity contribution in [3.05, 3.63) is 71.8 Å². The summed E-state index contributed by atoms with van der Waals surface area (Å²) in [6.07, 6.45) is -0.00279. The van der Waals surface area contributed by atoms with Gasteiger partial charge in [-0.2, -0.15) is 0 Å². The molecule has 3 unspecified atom stereocenters. The Morgan fingerprint density at radius 1 is 1.05 bits per heavy atom. The summed E-state index contributed by atoms with van der Waals surface area (Å²) in [5.74, 6) is -1.14. The van der Waals surface area contributed by atoms with Crippen molar-refractivity contribution in [3.63, 3.8) is 0 Å². The van der Waals surface area contributed by atoms with E-state index in [9.17, 15) is 5.11 Å². The Hall–Kier alpha value is -1.68. The number of benzene rings is 2. The third kappa shape index (κ3) is 2.72. The highest BCUT2D eigenvalue weighted by Gasteiger charge is 2.46. The van der Waals surface area contributed by atoms with E-state index in [4.69, 9.17) is 9.47 Å². The molecule has 3 rings (SSSR count). The highest BCUT2D eigenvalue weighted by atomic mass is 16.7. The maximum Gasteiger partial charge on any atom is 0.226 e. The lowest BCUT2D eigenvalue weighted by atomic mass is 9.93. The van der Waals surface area contributed by atoms with Crippen LogP contribution in [0.2, 0.25) is 0 Å². The second-order valence-corrected chi connectivity index (χ2v) is 5.41. The first-order valence-corrected chi connectivity index (χ1v) is 7.33. The molecular formula is C18H20O3. The van der Waals surface area contributed by atoms with Gasteiger partial charge in [0.2, 0.25) is 5.79 Å². The number of ether oxygens (including phenoxy) is 2. The molecule has 110 valence electrons. The van der Waals surface area contributed by atoms with Crippen LogP contribution in [0.3, 0.4) is 0 Å². The van der Waals surface area contributed by atoms with Gasteiger partial charge in [-0.1, -0.05) is 60.7 Å². The topological polar surface area (TPSA) is 38.7 Å². The molecule has 3 atom stereocenters. The molecule has 2 aromatic rings. The minimum Gasteiger partial charge on any atom is -0.382 e. The van der Waals surface area contributed by atoms with Gasteiger partial charge in [0.1, 0.15) is 6.10 Å². The molecule has 1 fully saturated rings. The number of hydrogen-bond donors (Lipinski definition) is 1. The summed E-state index contributed by atoms with van der Waals surface area (Å²) in [5, 5.41) is 10.9. The monoisotopic (exact) mass is 284 g/mol. The van der Waals surface area contributed by atoms with Gasteiger partial charge in [0, 0.05) is 5.56 Å². The minimum absolute atomic E-state index is 0.0392. The Bertz CT molecular complexity index is 570. The molecule has 1 aliphatic rings. The average molecular weight is 284 g/mol. The fraction of sp³-hybridized carbons (Fsp3) is 0.333. The molecule has 0 radical (unpaired) electrons. The SMILES string of the molecule is CC1CCOC(c2ccccc2)(C(O)c2ccccc2)O1. The van der Waals surface area contributed by atoms with Crippen LogP contribution in [-0.2, 0) is 15.3 Å². The van der Waals surface area contributed by atoms with Crippen molar-refractivity contribution in [2.45, 2.75) is 31.3 Å². The largest absolute Gasteiger partial charge is 0.382 e. The normalized spacial score (nSPS) is 27.2. The lowest BCUT2D eigenvalue weighted by Crippen LogP contribution is -2.46. The highest BCUT2D eigenvalue weighted by Crippen LogP contribution is 2.43. The quantitative estimate of drug-likeness (QED) is 0.939. The van der Waals surface area contributed by atoms with Crippen LogP contribution in [0.5, 0.6) is 0 Å². The van der Waals surface area contributed by atoms with Crippen molar-refractivity contribution in [1.82, 2.24) is 0 Å². The smallest absolute Gasteiger partial charge is 0.226 e. The number of rotatable bonds is 3. The molecule has 3 nitrogen and oxygen atoms in total. The molecule has 2 aromatic carbocycles. The molecule has 3 heteroatoms. The molecule has 0 bridgehead atoms. The van der Waals surface area contributed by atoms with Gasteiger partial charge in [-0.15, -0.1) is 0 Å². The van der Waals surface area contributed by atoms with Gasteiger partial charge in [-0.05, 0) is 18.9 Å². The summed E-state index contributed by atoms with van der Waals surface area (Å²) in [5.41, 5.74) is 1.63. The van der Waals surface area contributed by atoms with Crippen LogP contribution in [0.1, 0.15) is 30.6 Å². The Morgan fingerprint density at radius 3 is 2.29 bits per heavy atom. The number of hydrogen-bond acceptors (Lipinski definition) is 3. The first kappa shape index (κ1) is 14.3. The third-order valence-corrected chi connectivity index (χ3v) is 3.87. The first-order valence-electron chi connectivity index (χ1n) is 7.33. The van der Waals surface area contributed by atoms with Crippen LogP contribution in [0.4, 0.5) is 0 Å². The summed E-state index contributed by atoms with van der Waals surface area (Å²) in [6, 6.07) is 19.2. The first-order chi connectivity index (χ1) is 10.2. The van der Waals surface area contributed by atoms with E-state index in [1.165, 1.54) is 0 Å². The highest BCUT2D eigenvalue weighted by molar-refractivity contribution is 5.28. The molecule has 21 heavy (non-hydrogen) atoms. The zero-order valence-electron chi connectivity index (χ0n) is 12.1. The van der Waals surface area contributed by atoms with Crippen molar-refractivity contribution < 1.29 is 14.6 Å². The molecule has 0 saturated carbocycles. The average Bonchev–Trinajstić information content (AvgIpc) is 2.55. The predicted molar refractivity (Wildman–Crippen MR) is 80.6 cm³/mol. The van der Waals surface area contributed by atoms with E-state index in [1.807, 2.05) is 67.6 Å². The van der Waals surface area contributed by atoms with Crippen molar-refractivity contribution in [1.29, 1.82) is 0 Å². The van der Waals surface area contributed by atoms with E-state index in [0.717, 1.165) is 17.5 Å². The third-order valence-electron chi connectivity index (χ3n) is 3.87. The van der Waals surface area contributed by atoms with Gasteiger partial charge in [0.15, 0.2) is 0 Å². The summed E-state index contributed by atoms with van der Waals surface area (Å²) in [4.78, 5) is 0. The summed E-state index contributed by atoms with van der Waals surface area (Å²) in [6.45, 7) is 2.58. The van der Waals surface area contributed by atoms with Gasteiger partial charge in [-0.25, -0.2) is 0 Å². The molecule has 1 aliphatic heterocycles. The van der Waals surface area contributed by atoms with Gasteiger partial charge in [-0.3, -0.25) is 0 Å². The second kappa shape index (κ2) is 5.98. The molecule has 0 aliphatic carbocycles. The van der Waals surface area contributed by atoms with Crippen LogP contribution in [-0.4, -0.2) is 17.8 Å². The Kier molecular flexibility index (Phi) is 4.06. The lowest BCUT2D eigenvalue weighted by Gasteiger charge is -2.43. The fourth-order valence-electron chi connectivity index (χ4n) is 2.75. The number of aliphatic hydroxyl groups excluding tert-OH is 1. The van der Waals surface area contributed by atoms with Crippen LogP contribution in [0.25, 0.3) is 0 Å². The van der Waals surface area contributed by atoms with E-state index in [0.29, 0.717) is 6.61 Å². The van der Waals surface area contributed by atoms with Crippen LogP contribution in [0, 0.1) is 0 Å². The van der Waals surface area contributed by atoms with E-state index >= 15 is 0 Å². The fourth-order valence-corrected chi connectivity index (χ4v) is 2.75. The number of aliphatic hydroxyl groups is 1. The van der Waals surface area contributed by atoms with Crippen molar-refractivity contribution in [2.24, 2.45) is 0 Å². The van der Waals surface area contributed by atoms with Gasteiger partial charge >= 0.3 is 0 Å². The van der Waals surface area contributed by atoms with Crippen LogP contribution < -0.4 is 0 Å². The van der Waals surface area contributed by atoms with E-state index in [2.05, 4.69) is 0 Å². The summed E-state index contributed by atoms with van der Waals surface area (Å²) < 4.78 is 12.1. The molecule has 0 amide bonds. The van der Waals surface area contributed by atoms with Crippen LogP contribution in [0.15, 0.2) is 60.7 Å². The Morgan fingerprint density at radius 2 is 1.67 bits per heavy atom. The maximum atomic E-state index is 10.9.